The van der Waals surface area contributed by atoms with Crippen LogP contribution in [-0.2, 0) is 5.41 Å². The minimum atomic E-state index is 0.137. The molecule has 2 aliphatic carbocycles. The number of hydrogen-bond acceptors (Lipinski definition) is 1. The summed E-state index contributed by atoms with van der Waals surface area (Å²) in [4.78, 5) is 10.9. The molecule has 0 radical (unpaired) electrons. The lowest BCUT2D eigenvalue weighted by atomic mass is 9.88. The fraction of sp³-hybridized carbons (Fsp3) is 0.267. The van der Waals surface area contributed by atoms with Crippen molar-refractivity contribution in [2.45, 2.75) is 26.2 Å². The van der Waals surface area contributed by atoms with Gasteiger partial charge in [0.1, 0.15) is 0 Å². The molecule has 2 aliphatic rings. The third-order valence-electron chi connectivity index (χ3n) is 2.93. The molecule has 0 heterocycles. The van der Waals surface area contributed by atoms with Gasteiger partial charge in [0.15, 0.2) is 6.29 Å². The van der Waals surface area contributed by atoms with Crippen molar-refractivity contribution in [3.05, 3.63) is 47.5 Å². The van der Waals surface area contributed by atoms with Gasteiger partial charge >= 0.3 is 0 Å². The van der Waals surface area contributed by atoms with Gasteiger partial charge in [-0.25, -0.2) is 0 Å². The van der Waals surface area contributed by atoms with Crippen LogP contribution in [0.25, 0.3) is 11.1 Å². The lowest BCUT2D eigenvalue weighted by molar-refractivity contribution is 0.112. The predicted octanol–water partition coefficient (Wildman–Crippen LogP) is 3.90. The van der Waals surface area contributed by atoms with Crippen molar-refractivity contribution in [1.29, 1.82) is 0 Å². The highest BCUT2D eigenvalue weighted by Gasteiger charge is 2.14. The van der Waals surface area contributed by atoms with E-state index < -0.39 is 0 Å². The van der Waals surface area contributed by atoms with Gasteiger partial charge in [-0.3, -0.25) is 4.79 Å². The molecule has 0 aliphatic heterocycles. The first-order chi connectivity index (χ1) is 7.52. The summed E-state index contributed by atoms with van der Waals surface area (Å²) in [6, 6.07) is 12.2. The fourth-order valence-electron chi connectivity index (χ4n) is 1.87. The topological polar surface area (TPSA) is 17.1 Å². The summed E-state index contributed by atoms with van der Waals surface area (Å²) in [5.41, 5.74) is 4.34. The van der Waals surface area contributed by atoms with Crippen LogP contribution >= 0.6 is 0 Å². The van der Waals surface area contributed by atoms with Crippen molar-refractivity contribution < 1.29 is 4.79 Å². The smallest absolute Gasteiger partial charge is 0.150 e. The average Bonchev–Trinajstić information content (AvgIpc) is 2.46. The number of carbonyl (C=O) groups excluding carboxylic acids is 1. The van der Waals surface area contributed by atoms with E-state index >= 15 is 0 Å². The van der Waals surface area contributed by atoms with Crippen molar-refractivity contribution in [2.24, 2.45) is 0 Å². The molecule has 16 heavy (non-hydrogen) atoms. The van der Waals surface area contributed by atoms with Crippen LogP contribution in [0.5, 0.6) is 0 Å². The third-order valence-corrected chi connectivity index (χ3v) is 2.93. The van der Waals surface area contributed by atoms with Crippen LogP contribution in [0.1, 0.15) is 36.7 Å². The average molecular weight is 212 g/mol. The molecule has 0 fully saturated rings. The first-order valence-electron chi connectivity index (χ1n) is 5.51. The van der Waals surface area contributed by atoms with E-state index in [0.29, 0.717) is 0 Å². The standard InChI is InChI=1S/C15H16O/c1-15(2,3)13-7-6-11-4-5-12(10-16)14(11)9-8-13/h4-10H,1-3H3. The van der Waals surface area contributed by atoms with Gasteiger partial charge in [-0.2, -0.15) is 0 Å². The molecule has 2 rings (SSSR count). The molecule has 1 nitrogen and oxygen atoms in total. The Hall–Kier alpha value is -1.63. The minimum absolute atomic E-state index is 0.137. The highest BCUT2D eigenvalue weighted by atomic mass is 16.1. The van der Waals surface area contributed by atoms with E-state index in [2.05, 4.69) is 39.0 Å². The Labute approximate surface area is 96.5 Å². The van der Waals surface area contributed by atoms with Gasteiger partial charge in [0.2, 0.25) is 0 Å². The zero-order chi connectivity index (χ0) is 11.8. The monoisotopic (exact) mass is 212 g/mol. The first kappa shape index (κ1) is 10.9. The molecule has 0 N–H and O–H groups in total. The fourth-order valence-corrected chi connectivity index (χ4v) is 1.87. The second-order valence-electron chi connectivity index (χ2n) is 5.15. The van der Waals surface area contributed by atoms with Gasteiger partial charge in [0, 0.05) is 5.56 Å². The Morgan fingerprint density at radius 1 is 0.938 bits per heavy atom. The van der Waals surface area contributed by atoms with Gasteiger partial charge in [0.05, 0.1) is 0 Å². The molecular formula is C15H16O. The van der Waals surface area contributed by atoms with Crippen LogP contribution in [0.3, 0.4) is 0 Å². The maximum Gasteiger partial charge on any atom is 0.150 e. The van der Waals surface area contributed by atoms with E-state index in [9.17, 15) is 4.79 Å². The molecule has 0 saturated heterocycles. The normalized spacial score (nSPS) is 11.7. The number of rotatable bonds is 1. The van der Waals surface area contributed by atoms with Gasteiger partial charge in [-0.05, 0) is 22.1 Å². The Morgan fingerprint density at radius 3 is 2.19 bits per heavy atom. The van der Waals surface area contributed by atoms with Crippen molar-refractivity contribution >= 4 is 6.29 Å². The van der Waals surface area contributed by atoms with Crippen LogP contribution < -0.4 is 0 Å². The van der Waals surface area contributed by atoms with Crippen LogP contribution in [0.15, 0.2) is 36.4 Å². The molecule has 0 aromatic carbocycles. The van der Waals surface area contributed by atoms with E-state index in [1.165, 1.54) is 5.56 Å². The van der Waals surface area contributed by atoms with E-state index in [1.807, 2.05) is 18.2 Å². The molecule has 0 unspecified atom stereocenters. The van der Waals surface area contributed by atoms with Crippen LogP contribution in [0.4, 0.5) is 0 Å². The molecule has 0 amide bonds. The predicted molar refractivity (Wildman–Crippen MR) is 67.2 cm³/mol. The van der Waals surface area contributed by atoms with Crippen molar-refractivity contribution in [1.82, 2.24) is 0 Å². The summed E-state index contributed by atoms with van der Waals surface area (Å²) in [5.74, 6) is 0. The maximum atomic E-state index is 10.9. The minimum Gasteiger partial charge on any atom is -0.298 e. The number of fused-ring (bicyclic) bond motifs is 1. The largest absolute Gasteiger partial charge is 0.298 e. The summed E-state index contributed by atoms with van der Waals surface area (Å²) in [7, 11) is 0. The lowest BCUT2D eigenvalue weighted by Gasteiger charge is -2.17. The van der Waals surface area contributed by atoms with Crippen LogP contribution in [-0.4, -0.2) is 6.29 Å². The van der Waals surface area contributed by atoms with Crippen molar-refractivity contribution in [2.75, 3.05) is 0 Å². The second-order valence-corrected chi connectivity index (χ2v) is 5.15. The summed E-state index contributed by atoms with van der Waals surface area (Å²) in [6.07, 6.45) is 0.916. The lowest BCUT2D eigenvalue weighted by Crippen LogP contribution is -2.09. The molecule has 0 aromatic heterocycles. The molecule has 0 spiro atoms. The highest BCUT2D eigenvalue weighted by Crippen LogP contribution is 2.29. The molecule has 0 atom stereocenters. The van der Waals surface area contributed by atoms with E-state index in [0.717, 1.165) is 23.0 Å². The van der Waals surface area contributed by atoms with E-state index in [4.69, 9.17) is 0 Å². The Balaban J connectivity index is 2.61. The second kappa shape index (κ2) is 3.75. The number of hydrogen-bond donors (Lipinski definition) is 0. The summed E-state index contributed by atoms with van der Waals surface area (Å²) >= 11 is 0. The van der Waals surface area contributed by atoms with E-state index in [-0.39, 0.29) is 5.41 Å². The molecule has 82 valence electrons. The maximum absolute atomic E-state index is 10.9. The van der Waals surface area contributed by atoms with Crippen molar-refractivity contribution in [3.8, 4) is 11.1 Å². The summed E-state index contributed by atoms with van der Waals surface area (Å²) < 4.78 is 0. The summed E-state index contributed by atoms with van der Waals surface area (Å²) in [6.45, 7) is 6.56. The summed E-state index contributed by atoms with van der Waals surface area (Å²) in [5, 5.41) is 0. The number of carbonyl (C=O) groups is 1. The molecule has 0 saturated carbocycles. The highest BCUT2D eigenvalue weighted by molar-refractivity contribution is 5.89. The zero-order valence-electron chi connectivity index (χ0n) is 9.95. The Kier molecular flexibility index (Phi) is 2.55. The van der Waals surface area contributed by atoms with E-state index in [1.54, 1.807) is 0 Å². The van der Waals surface area contributed by atoms with Gasteiger partial charge in [-0.15, -0.1) is 0 Å². The first-order valence-corrected chi connectivity index (χ1v) is 5.51. The van der Waals surface area contributed by atoms with Gasteiger partial charge in [-0.1, -0.05) is 57.2 Å². The number of aldehydes is 1. The molecule has 1 heteroatoms. The SMILES string of the molecule is CC(C)(C)c1ccc2ccc(C=O)c-2cc1. The molecular weight excluding hydrogens is 196 g/mol. The van der Waals surface area contributed by atoms with Gasteiger partial charge < -0.3 is 0 Å². The molecule has 0 bridgehead atoms. The Bertz CT molecular complexity index is 491. The van der Waals surface area contributed by atoms with Crippen LogP contribution in [0, 0.1) is 0 Å². The van der Waals surface area contributed by atoms with Crippen molar-refractivity contribution in [3.63, 3.8) is 0 Å². The zero-order valence-corrected chi connectivity index (χ0v) is 9.95. The Morgan fingerprint density at radius 2 is 1.56 bits per heavy atom. The van der Waals surface area contributed by atoms with Crippen LogP contribution in [0.2, 0.25) is 0 Å². The quantitative estimate of drug-likeness (QED) is 0.655. The van der Waals surface area contributed by atoms with Gasteiger partial charge in [0.25, 0.3) is 0 Å². The third kappa shape index (κ3) is 1.85. The molecule has 0 aromatic rings.